The van der Waals surface area contributed by atoms with E-state index in [0.717, 1.165) is 17.7 Å². The lowest BCUT2D eigenvalue weighted by molar-refractivity contribution is -0.118. The highest BCUT2D eigenvalue weighted by molar-refractivity contribution is 5.98. The topological polar surface area (TPSA) is 89.1 Å². The van der Waals surface area contributed by atoms with Gasteiger partial charge in [-0.2, -0.15) is 4.98 Å². The summed E-state index contributed by atoms with van der Waals surface area (Å²) >= 11 is 0. The minimum Gasteiger partial charge on any atom is -0.368 e. The number of benzene rings is 1. The monoisotopic (exact) mass is 314 g/mol. The molecule has 2 unspecified atom stereocenters. The van der Waals surface area contributed by atoms with Gasteiger partial charge in [0.15, 0.2) is 0 Å². The van der Waals surface area contributed by atoms with E-state index in [9.17, 15) is 4.79 Å². The third kappa shape index (κ3) is 2.74. The maximum Gasteiger partial charge on any atom is 0.247 e. The van der Waals surface area contributed by atoms with Crippen LogP contribution in [0.3, 0.4) is 0 Å². The molecule has 0 radical (unpaired) electrons. The third-order valence-electron chi connectivity index (χ3n) is 4.45. The molecule has 0 aliphatic carbocycles. The van der Waals surface area contributed by atoms with Crippen LogP contribution in [0.15, 0.2) is 24.3 Å². The van der Waals surface area contributed by atoms with Gasteiger partial charge in [0.05, 0.1) is 0 Å². The number of nitrogens with zero attached hydrogens (tertiary/aromatic N) is 4. The molecule has 2 heterocycles. The van der Waals surface area contributed by atoms with Crippen LogP contribution in [0.1, 0.15) is 25.8 Å². The van der Waals surface area contributed by atoms with Gasteiger partial charge in [0.25, 0.3) is 0 Å². The van der Waals surface area contributed by atoms with E-state index in [1.54, 1.807) is 7.05 Å². The molecule has 0 saturated carbocycles. The molecular formula is C16H22N6O. The van der Waals surface area contributed by atoms with Gasteiger partial charge in [-0.1, -0.05) is 38.5 Å². The van der Waals surface area contributed by atoms with E-state index in [0.29, 0.717) is 18.4 Å². The summed E-state index contributed by atoms with van der Waals surface area (Å²) in [5.74, 6) is 0.952. The maximum absolute atomic E-state index is 12.8. The molecule has 3 N–H and O–H groups in total. The van der Waals surface area contributed by atoms with Crippen molar-refractivity contribution in [2.45, 2.75) is 32.9 Å². The van der Waals surface area contributed by atoms with Crippen molar-refractivity contribution in [1.29, 1.82) is 0 Å². The van der Waals surface area contributed by atoms with Gasteiger partial charge in [0, 0.05) is 19.3 Å². The average molecular weight is 314 g/mol. The number of nitrogens with two attached hydrogens (primary N) is 1. The van der Waals surface area contributed by atoms with Gasteiger partial charge in [-0.3, -0.25) is 4.79 Å². The molecule has 0 bridgehead atoms. The number of nitrogen functional groups attached to an aromatic ring is 1. The van der Waals surface area contributed by atoms with Crippen LogP contribution in [0, 0.1) is 5.92 Å². The molecule has 23 heavy (non-hydrogen) atoms. The predicted octanol–water partition coefficient (Wildman–Crippen LogP) is 1.77. The van der Waals surface area contributed by atoms with E-state index >= 15 is 0 Å². The van der Waals surface area contributed by atoms with Crippen molar-refractivity contribution < 1.29 is 4.79 Å². The van der Waals surface area contributed by atoms with E-state index in [2.05, 4.69) is 29.2 Å². The number of para-hydroxylation sites is 1. The van der Waals surface area contributed by atoms with Crippen LogP contribution in [-0.2, 0) is 18.4 Å². The van der Waals surface area contributed by atoms with E-state index in [1.165, 1.54) is 4.68 Å². The fourth-order valence-electron chi connectivity index (χ4n) is 2.90. The number of rotatable bonds is 3. The van der Waals surface area contributed by atoms with Gasteiger partial charge in [0.1, 0.15) is 6.04 Å². The van der Waals surface area contributed by atoms with Gasteiger partial charge in [-0.25, -0.2) is 4.68 Å². The molecule has 1 amide bonds. The first-order valence-corrected chi connectivity index (χ1v) is 7.83. The average Bonchev–Trinajstić information content (AvgIpc) is 2.78. The lowest BCUT2D eigenvalue weighted by Gasteiger charge is -2.31. The minimum absolute atomic E-state index is 0.0321. The Morgan fingerprint density at radius 3 is 2.83 bits per heavy atom. The zero-order valence-electron chi connectivity index (χ0n) is 13.7. The van der Waals surface area contributed by atoms with Gasteiger partial charge in [-0.05, 0) is 17.5 Å². The van der Waals surface area contributed by atoms with Crippen molar-refractivity contribution in [1.82, 2.24) is 14.8 Å². The Labute approximate surface area is 135 Å². The molecule has 1 aliphatic heterocycles. The quantitative estimate of drug-likeness (QED) is 0.901. The molecule has 122 valence electrons. The second-order valence-corrected chi connectivity index (χ2v) is 6.00. The number of aromatic nitrogens is 3. The normalized spacial score (nSPS) is 19.0. The number of fused-ring (bicyclic) bond motifs is 1. The molecule has 2 aromatic rings. The molecule has 3 rings (SSSR count). The molecule has 0 saturated heterocycles. The first-order chi connectivity index (χ1) is 11.0. The van der Waals surface area contributed by atoms with Gasteiger partial charge < -0.3 is 16.0 Å². The summed E-state index contributed by atoms with van der Waals surface area (Å²) in [5, 5.41) is 7.41. The summed E-state index contributed by atoms with van der Waals surface area (Å²) in [6.07, 6.45) is 0.882. The van der Waals surface area contributed by atoms with Crippen molar-refractivity contribution in [2.24, 2.45) is 13.0 Å². The van der Waals surface area contributed by atoms with Crippen molar-refractivity contribution in [2.75, 3.05) is 16.0 Å². The zero-order chi connectivity index (χ0) is 16.6. The summed E-state index contributed by atoms with van der Waals surface area (Å²) in [7, 11) is 1.75. The van der Waals surface area contributed by atoms with Crippen LogP contribution in [0.4, 0.5) is 17.6 Å². The molecule has 0 spiro atoms. The third-order valence-corrected chi connectivity index (χ3v) is 4.45. The largest absolute Gasteiger partial charge is 0.368 e. The fraction of sp³-hybridized carbons (Fsp3) is 0.438. The Balaban J connectivity index is 2.08. The molecule has 7 heteroatoms. The van der Waals surface area contributed by atoms with Gasteiger partial charge in [0.2, 0.25) is 17.8 Å². The SMILES string of the molecule is CCC(C)C1C(=O)Nc2ccccc2CN1c1nc(N)n(C)n1. The summed E-state index contributed by atoms with van der Waals surface area (Å²) in [4.78, 5) is 19.1. The number of carbonyl (C=O) groups is 1. The molecule has 7 nitrogen and oxygen atoms in total. The van der Waals surface area contributed by atoms with Crippen LogP contribution in [0.2, 0.25) is 0 Å². The van der Waals surface area contributed by atoms with Crippen molar-refractivity contribution in [3.8, 4) is 0 Å². The van der Waals surface area contributed by atoms with Crippen molar-refractivity contribution >= 4 is 23.5 Å². The van der Waals surface area contributed by atoms with Crippen LogP contribution in [0.5, 0.6) is 0 Å². The minimum atomic E-state index is -0.339. The van der Waals surface area contributed by atoms with E-state index in [4.69, 9.17) is 5.73 Å². The Bertz CT molecular complexity index is 706. The van der Waals surface area contributed by atoms with Gasteiger partial charge >= 0.3 is 0 Å². The number of aryl methyl sites for hydroxylation is 1. The number of carbonyl (C=O) groups excluding carboxylic acids is 1. The molecule has 0 fully saturated rings. The first-order valence-electron chi connectivity index (χ1n) is 7.83. The van der Waals surface area contributed by atoms with Crippen LogP contribution < -0.4 is 16.0 Å². The lowest BCUT2D eigenvalue weighted by Crippen LogP contribution is -2.46. The fourth-order valence-corrected chi connectivity index (χ4v) is 2.90. The predicted molar refractivity (Wildman–Crippen MR) is 89.9 cm³/mol. The molecule has 1 aromatic heterocycles. The smallest absolute Gasteiger partial charge is 0.247 e. The van der Waals surface area contributed by atoms with Crippen LogP contribution in [-0.4, -0.2) is 26.7 Å². The Morgan fingerprint density at radius 2 is 2.17 bits per heavy atom. The molecule has 1 aromatic carbocycles. The van der Waals surface area contributed by atoms with Crippen LogP contribution in [0.25, 0.3) is 0 Å². The van der Waals surface area contributed by atoms with E-state index in [-0.39, 0.29) is 17.9 Å². The summed E-state index contributed by atoms with van der Waals surface area (Å²) in [6.45, 7) is 4.71. The number of amides is 1. The highest BCUT2D eigenvalue weighted by Crippen LogP contribution is 2.29. The highest BCUT2D eigenvalue weighted by atomic mass is 16.2. The first kappa shape index (κ1) is 15.3. The lowest BCUT2D eigenvalue weighted by atomic mass is 9.97. The molecular weight excluding hydrogens is 292 g/mol. The number of hydrogen-bond donors (Lipinski definition) is 2. The molecule has 1 aliphatic rings. The summed E-state index contributed by atoms with van der Waals surface area (Å²) in [6, 6.07) is 7.48. The summed E-state index contributed by atoms with van der Waals surface area (Å²) < 4.78 is 1.53. The standard InChI is InChI=1S/C16H22N6O/c1-4-10(2)13-14(23)18-12-8-6-5-7-11(12)9-22(13)16-19-15(17)21(3)20-16/h5-8,10,13H,4,9H2,1-3H3,(H,18,23)(H2,17,19,20). The number of hydrogen-bond acceptors (Lipinski definition) is 5. The Morgan fingerprint density at radius 1 is 1.43 bits per heavy atom. The van der Waals surface area contributed by atoms with Crippen LogP contribution >= 0.6 is 0 Å². The van der Waals surface area contributed by atoms with E-state index < -0.39 is 0 Å². The second kappa shape index (κ2) is 5.91. The van der Waals surface area contributed by atoms with E-state index in [1.807, 2.05) is 29.2 Å². The Kier molecular flexibility index (Phi) is 3.94. The number of nitrogens with one attached hydrogen (secondary N) is 1. The summed E-state index contributed by atoms with van der Waals surface area (Å²) in [5.41, 5.74) is 7.72. The molecule has 2 atom stereocenters. The van der Waals surface area contributed by atoms with Crippen molar-refractivity contribution in [3.63, 3.8) is 0 Å². The Hall–Kier alpha value is -2.57. The van der Waals surface area contributed by atoms with Gasteiger partial charge in [-0.15, -0.1) is 5.10 Å². The van der Waals surface area contributed by atoms with Crippen molar-refractivity contribution in [3.05, 3.63) is 29.8 Å². The zero-order valence-corrected chi connectivity index (χ0v) is 13.7. The highest BCUT2D eigenvalue weighted by Gasteiger charge is 2.35. The second-order valence-electron chi connectivity index (χ2n) is 6.00. The number of anilines is 3. The maximum atomic E-state index is 12.8.